The minimum atomic E-state index is 0.250. The summed E-state index contributed by atoms with van der Waals surface area (Å²) >= 11 is 0. The summed E-state index contributed by atoms with van der Waals surface area (Å²) in [4.78, 5) is 0. The molecule has 0 saturated carbocycles. The Labute approximate surface area is 125 Å². The summed E-state index contributed by atoms with van der Waals surface area (Å²) < 4.78 is 0. The lowest BCUT2D eigenvalue weighted by atomic mass is 9.94. The van der Waals surface area contributed by atoms with E-state index in [0.29, 0.717) is 0 Å². The molecule has 2 N–H and O–H groups in total. The first-order valence-corrected chi connectivity index (χ1v) is 7.32. The van der Waals surface area contributed by atoms with E-state index < -0.39 is 0 Å². The van der Waals surface area contributed by atoms with E-state index in [-0.39, 0.29) is 6.04 Å². The van der Waals surface area contributed by atoms with Crippen molar-refractivity contribution in [2.45, 2.75) is 33.7 Å². The first kappa shape index (κ1) is 13.7. The zero-order valence-corrected chi connectivity index (χ0v) is 13.0. The molecule has 3 nitrogen and oxygen atoms in total. The van der Waals surface area contributed by atoms with Gasteiger partial charge >= 0.3 is 0 Å². The molecule has 1 atom stereocenters. The molecule has 1 heterocycles. The Hall–Kier alpha value is -2.29. The molecule has 0 fully saturated rings. The third kappa shape index (κ3) is 2.51. The Bertz CT molecular complexity index is 763. The number of aromatic nitrogens is 2. The molecule has 3 heteroatoms. The van der Waals surface area contributed by atoms with Crippen molar-refractivity contribution in [3.05, 3.63) is 58.8 Å². The van der Waals surface area contributed by atoms with Crippen LogP contribution in [0.25, 0.3) is 10.9 Å². The maximum absolute atomic E-state index is 4.12. The highest BCUT2D eigenvalue weighted by Gasteiger charge is 2.13. The quantitative estimate of drug-likeness (QED) is 0.732. The van der Waals surface area contributed by atoms with E-state index in [2.05, 4.69) is 73.5 Å². The van der Waals surface area contributed by atoms with Crippen LogP contribution in [0.2, 0.25) is 0 Å². The molecule has 21 heavy (non-hydrogen) atoms. The number of hydrogen-bond donors (Lipinski definition) is 2. The van der Waals surface area contributed by atoms with Gasteiger partial charge in [0.1, 0.15) is 0 Å². The van der Waals surface area contributed by atoms with Gasteiger partial charge in [-0.2, -0.15) is 5.10 Å². The molecule has 0 bridgehead atoms. The van der Waals surface area contributed by atoms with Crippen molar-refractivity contribution in [1.29, 1.82) is 0 Å². The lowest BCUT2D eigenvalue weighted by Crippen LogP contribution is -2.10. The van der Waals surface area contributed by atoms with Crippen molar-refractivity contribution in [3.8, 4) is 0 Å². The molecule has 3 aromatic rings. The van der Waals surface area contributed by atoms with Gasteiger partial charge in [0.15, 0.2) is 0 Å². The number of anilines is 1. The Balaban J connectivity index is 1.97. The van der Waals surface area contributed by atoms with E-state index in [0.717, 1.165) is 16.6 Å². The van der Waals surface area contributed by atoms with E-state index in [9.17, 15) is 0 Å². The molecule has 3 rings (SSSR count). The Kier molecular flexibility index (Phi) is 3.42. The van der Waals surface area contributed by atoms with Gasteiger partial charge in [0, 0.05) is 11.4 Å². The maximum Gasteiger partial charge on any atom is 0.0881 e. The van der Waals surface area contributed by atoms with Gasteiger partial charge in [0.2, 0.25) is 0 Å². The zero-order valence-electron chi connectivity index (χ0n) is 13.0. The van der Waals surface area contributed by atoms with Crippen molar-refractivity contribution in [2.24, 2.45) is 0 Å². The molecule has 0 saturated heterocycles. The summed E-state index contributed by atoms with van der Waals surface area (Å²) in [5, 5.41) is 11.9. The number of hydrogen-bond acceptors (Lipinski definition) is 2. The van der Waals surface area contributed by atoms with E-state index in [1.165, 1.54) is 22.3 Å². The lowest BCUT2D eigenvalue weighted by Gasteiger charge is -2.21. The monoisotopic (exact) mass is 279 g/mol. The molecule has 0 radical (unpaired) electrons. The summed E-state index contributed by atoms with van der Waals surface area (Å²) in [6.45, 7) is 8.72. The fraction of sp³-hybridized carbons (Fsp3) is 0.278. The van der Waals surface area contributed by atoms with Crippen LogP contribution in [0.15, 0.2) is 36.5 Å². The molecular formula is C18H21N3. The normalized spacial score (nSPS) is 12.6. The van der Waals surface area contributed by atoms with Crippen LogP contribution in [-0.4, -0.2) is 10.2 Å². The number of aryl methyl sites for hydroxylation is 3. The van der Waals surface area contributed by atoms with Crippen molar-refractivity contribution in [3.63, 3.8) is 0 Å². The Morgan fingerprint density at radius 3 is 2.52 bits per heavy atom. The highest BCUT2D eigenvalue weighted by Crippen LogP contribution is 2.29. The molecule has 2 aromatic carbocycles. The molecule has 0 spiro atoms. The number of nitrogens with zero attached hydrogens (tertiary/aromatic N) is 1. The highest BCUT2D eigenvalue weighted by molar-refractivity contribution is 5.90. The van der Waals surface area contributed by atoms with Crippen LogP contribution in [0.5, 0.6) is 0 Å². The molecule has 108 valence electrons. The molecule has 0 aliphatic carbocycles. The minimum Gasteiger partial charge on any atom is -0.377 e. The Morgan fingerprint density at radius 2 is 1.81 bits per heavy atom. The smallest absolute Gasteiger partial charge is 0.0881 e. The van der Waals surface area contributed by atoms with Crippen LogP contribution in [0.1, 0.15) is 35.2 Å². The van der Waals surface area contributed by atoms with E-state index in [4.69, 9.17) is 0 Å². The average molecular weight is 279 g/mol. The third-order valence-corrected chi connectivity index (χ3v) is 4.02. The predicted molar refractivity (Wildman–Crippen MR) is 88.8 cm³/mol. The van der Waals surface area contributed by atoms with Crippen LogP contribution in [0, 0.1) is 20.8 Å². The summed E-state index contributed by atoms with van der Waals surface area (Å²) in [7, 11) is 0. The average Bonchev–Trinajstić information content (AvgIpc) is 2.86. The standard InChI is InChI=1S/C18H21N3/c1-11-8-12(2)17(13(3)9-11)14(4)20-16-7-5-6-15-10-19-21-18(15)16/h5-10,14,20H,1-4H3,(H,19,21). The summed E-state index contributed by atoms with van der Waals surface area (Å²) in [6, 6.07) is 11.0. The van der Waals surface area contributed by atoms with Gasteiger partial charge < -0.3 is 5.32 Å². The topological polar surface area (TPSA) is 40.7 Å². The van der Waals surface area contributed by atoms with Gasteiger partial charge in [-0.3, -0.25) is 5.10 Å². The maximum atomic E-state index is 4.12. The van der Waals surface area contributed by atoms with Gasteiger partial charge in [-0.1, -0.05) is 29.8 Å². The molecule has 1 unspecified atom stereocenters. The number of aromatic amines is 1. The molecule has 0 amide bonds. The molecule has 1 aromatic heterocycles. The van der Waals surface area contributed by atoms with Gasteiger partial charge in [-0.25, -0.2) is 0 Å². The van der Waals surface area contributed by atoms with Crippen LogP contribution >= 0.6 is 0 Å². The van der Waals surface area contributed by atoms with Crippen molar-refractivity contribution >= 4 is 16.6 Å². The number of rotatable bonds is 3. The van der Waals surface area contributed by atoms with E-state index in [1.807, 2.05) is 6.20 Å². The second kappa shape index (κ2) is 5.24. The van der Waals surface area contributed by atoms with Gasteiger partial charge in [-0.15, -0.1) is 0 Å². The summed E-state index contributed by atoms with van der Waals surface area (Å²) in [6.07, 6.45) is 1.85. The zero-order chi connectivity index (χ0) is 15.0. The van der Waals surface area contributed by atoms with Crippen LogP contribution < -0.4 is 5.32 Å². The second-order valence-electron chi connectivity index (χ2n) is 5.82. The number of para-hydroxylation sites is 1. The van der Waals surface area contributed by atoms with Crippen LogP contribution in [0.4, 0.5) is 5.69 Å². The highest BCUT2D eigenvalue weighted by atomic mass is 15.1. The van der Waals surface area contributed by atoms with Gasteiger partial charge in [0.25, 0.3) is 0 Å². The third-order valence-electron chi connectivity index (χ3n) is 4.02. The first-order valence-electron chi connectivity index (χ1n) is 7.32. The first-order chi connectivity index (χ1) is 10.1. The lowest BCUT2D eigenvalue weighted by molar-refractivity contribution is 0.863. The second-order valence-corrected chi connectivity index (χ2v) is 5.82. The van der Waals surface area contributed by atoms with Gasteiger partial charge in [-0.05, 0) is 50.5 Å². The summed E-state index contributed by atoms with van der Waals surface area (Å²) in [5.41, 5.74) is 7.52. The van der Waals surface area contributed by atoms with Gasteiger partial charge in [0.05, 0.1) is 17.4 Å². The number of fused-ring (bicyclic) bond motifs is 1. The Morgan fingerprint density at radius 1 is 1.10 bits per heavy atom. The fourth-order valence-corrected chi connectivity index (χ4v) is 3.27. The fourth-order valence-electron chi connectivity index (χ4n) is 3.27. The number of H-pyrrole nitrogens is 1. The molecule has 0 aliphatic heterocycles. The van der Waals surface area contributed by atoms with Crippen LogP contribution in [0.3, 0.4) is 0 Å². The van der Waals surface area contributed by atoms with Crippen LogP contribution in [-0.2, 0) is 0 Å². The molecule has 0 aliphatic rings. The number of nitrogens with one attached hydrogen (secondary N) is 2. The summed E-state index contributed by atoms with van der Waals surface area (Å²) in [5.74, 6) is 0. The van der Waals surface area contributed by atoms with E-state index in [1.54, 1.807) is 0 Å². The largest absolute Gasteiger partial charge is 0.377 e. The van der Waals surface area contributed by atoms with Crippen molar-refractivity contribution < 1.29 is 0 Å². The van der Waals surface area contributed by atoms with Crippen molar-refractivity contribution in [1.82, 2.24) is 10.2 Å². The SMILES string of the molecule is Cc1cc(C)c(C(C)Nc2cccc3cn[nH]c23)c(C)c1. The van der Waals surface area contributed by atoms with Crippen molar-refractivity contribution in [2.75, 3.05) is 5.32 Å². The molecular weight excluding hydrogens is 258 g/mol. The minimum absolute atomic E-state index is 0.250. The number of benzene rings is 2. The van der Waals surface area contributed by atoms with E-state index >= 15 is 0 Å². The predicted octanol–water partition coefficient (Wildman–Crippen LogP) is 4.66.